The molecule has 0 spiro atoms. The van der Waals surface area contributed by atoms with Gasteiger partial charge in [-0.05, 0) is 22.8 Å². The second-order valence-corrected chi connectivity index (χ2v) is 5.39. The lowest BCUT2D eigenvalue weighted by Gasteiger charge is -2.34. The fraction of sp³-hybridized carbons (Fsp3) is 0.375. The molecule has 0 N–H and O–H groups in total. The molecule has 0 saturated heterocycles. The van der Waals surface area contributed by atoms with Gasteiger partial charge in [-0.2, -0.15) is 39.5 Å². The molecule has 0 bridgehead atoms. The Hall–Kier alpha value is -1.93. The molecule has 0 heterocycles. The van der Waals surface area contributed by atoms with Crippen molar-refractivity contribution in [3.8, 4) is 0 Å². The Morgan fingerprint density at radius 3 is 1.80 bits per heavy atom. The van der Waals surface area contributed by atoms with E-state index in [1.165, 1.54) is 31.2 Å². The van der Waals surface area contributed by atoms with Crippen LogP contribution in [0.2, 0.25) is 0 Å². The Morgan fingerprint density at radius 1 is 0.720 bits per heavy atom. The molecule has 0 fully saturated rings. The van der Waals surface area contributed by atoms with Crippen molar-refractivity contribution >= 4 is 10.8 Å². The Labute approximate surface area is 136 Å². The minimum atomic E-state index is -6.90. The van der Waals surface area contributed by atoms with Crippen LogP contribution in [0.1, 0.15) is 18.1 Å². The van der Waals surface area contributed by atoms with Gasteiger partial charge in [0.15, 0.2) is 0 Å². The minimum Gasteiger partial charge on any atom is -0.194 e. The van der Waals surface area contributed by atoms with Gasteiger partial charge in [0.1, 0.15) is 0 Å². The molecular weight excluding hydrogens is 363 g/mol. The van der Waals surface area contributed by atoms with Crippen LogP contribution in [0.3, 0.4) is 0 Å². The average Bonchev–Trinajstić information content (AvgIpc) is 2.52. The molecule has 2 aromatic rings. The minimum absolute atomic E-state index is 0.0771. The average molecular weight is 374 g/mol. The number of fused-ring (bicyclic) bond motifs is 1. The van der Waals surface area contributed by atoms with Gasteiger partial charge in [0.25, 0.3) is 0 Å². The van der Waals surface area contributed by atoms with Crippen LogP contribution < -0.4 is 0 Å². The van der Waals surface area contributed by atoms with E-state index in [1.54, 1.807) is 0 Å². The number of aryl methyl sites for hydroxylation is 1. The topological polar surface area (TPSA) is 0 Å². The quantitative estimate of drug-likeness (QED) is 0.549. The van der Waals surface area contributed by atoms with Crippen molar-refractivity contribution < 1.29 is 39.5 Å². The molecule has 0 aliphatic heterocycles. The fourth-order valence-corrected chi connectivity index (χ4v) is 2.56. The molecule has 0 amide bonds. The summed E-state index contributed by atoms with van der Waals surface area (Å²) in [5.74, 6) is -19.3. The third kappa shape index (κ3) is 2.73. The molecule has 0 saturated carbocycles. The van der Waals surface area contributed by atoms with Crippen molar-refractivity contribution in [3.05, 3.63) is 47.5 Å². The van der Waals surface area contributed by atoms with Gasteiger partial charge >= 0.3 is 23.9 Å². The van der Waals surface area contributed by atoms with Crippen molar-refractivity contribution in [1.29, 1.82) is 0 Å². The van der Waals surface area contributed by atoms with Crippen LogP contribution in [-0.4, -0.2) is 18.0 Å². The first-order chi connectivity index (χ1) is 11.3. The van der Waals surface area contributed by atoms with E-state index in [0.29, 0.717) is 11.5 Å². The van der Waals surface area contributed by atoms with Gasteiger partial charge in [-0.1, -0.05) is 43.3 Å². The van der Waals surface area contributed by atoms with Gasteiger partial charge in [-0.3, -0.25) is 0 Å². The molecule has 138 valence electrons. The molecule has 0 radical (unpaired) electrons. The highest BCUT2D eigenvalue weighted by Gasteiger charge is 2.82. The molecule has 25 heavy (non-hydrogen) atoms. The first-order valence-corrected chi connectivity index (χ1v) is 7.00. The van der Waals surface area contributed by atoms with Crippen molar-refractivity contribution in [2.45, 2.75) is 37.3 Å². The summed E-state index contributed by atoms with van der Waals surface area (Å²) in [6.07, 6.45) is -7.09. The third-order valence-corrected chi connectivity index (χ3v) is 3.88. The van der Waals surface area contributed by atoms with E-state index in [9.17, 15) is 39.5 Å². The summed E-state index contributed by atoms with van der Waals surface area (Å²) in [5, 5.41) is 0.443. The van der Waals surface area contributed by atoms with Crippen molar-refractivity contribution in [1.82, 2.24) is 0 Å². The van der Waals surface area contributed by atoms with Gasteiger partial charge < -0.3 is 0 Å². The Balaban J connectivity index is 2.73. The zero-order valence-electron chi connectivity index (χ0n) is 12.6. The highest BCUT2D eigenvalue weighted by molar-refractivity contribution is 5.87. The number of rotatable bonds is 4. The highest BCUT2D eigenvalue weighted by Crippen LogP contribution is 2.57. The number of benzene rings is 2. The van der Waals surface area contributed by atoms with E-state index < -0.39 is 35.1 Å². The molecule has 2 aromatic carbocycles. The van der Waals surface area contributed by atoms with E-state index in [0.717, 1.165) is 6.07 Å². The first kappa shape index (κ1) is 19.4. The maximum Gasteiger partial charge on any atom is 0.460 e. The molecule has 0 nitrogen and oxygen atoms in total. The van der Waals surface area contributed by atoms with E-state index in [2.05, 4.69) is 0 Å². The lowest BCUT2D eigenvalue weighted by atomic mass is 9.89. The highest BCUT2D eigenvalue weighted by atomic mass is 19.4. The predicted molar refractivity (Wildman–Crippen MR) is 73.2 cm³/mol. The van der Waals surface area contributed by atoms with Crippen LogP contribution in [0.25, 0.3) is 10.8 Å². The summed E-state index contributed by atoms with van der Waals surface area (Å²) in [6, 6.07) is 7.14. The molecule has 0 atom stereocenters. The lowest BCUT2D eigenvalue weighted by Crippen LogP contribution is -2.59. The monoisotopic (exact) mass is 374 g/mol. The molecule has 0 aliphatic carbocycles. The summed E-state index contributed by atoms with van der Waals surface area (Å²) in [4.78, 5) is 0. The molecule has 9 heteroatoms. The van der Waals surface area contributed by atoms with Gasteiger partial charge in [0.05, 0.1) is 0 Å². The Bertz CT molecular complexity index is 775. The zero-order valence-corrected chi connectivity index (χ0v) is 12.6. The van der Waals surface area contributed by atoms with E-state index in [1.807, 2.05) is 0 Å². The van der Waals surface area contributed by atoms with Crippen LogP contribution in [0.15, 0.2) is 36.4 Å². The van der Waals surface area contributed by atoms with Gasteiger partial charge in [0.2, 0.25) is 0 Å². The third-order valence-electron chi connectivity index (χ3n) is 3.88. The summed E-state index contributed by atoms with van der Waals surface area (Å²) in [6.45, 7) is 1.31. The molecular formula is C16H11F9. The van der Waals surface area contributed by atoms with Crippen LogP contribution in [0.4, 0.5) is 39.5 Å². The number of hydrogen-bond acceptors (Lipinski definition) is 0. The zero-order chi connectivity index (χ0) is 19.3. The van der Waals surface area contributed by atoms with Crippen molar-refractivity contribution in [2.75, 3.05) is 0 Å². The SMILES string of the molecule is CCc1c(C(F)(F)C(F)(F)C(F)(F)C(F)(F)F)ccc2ccccc12. The summed E-state index contributed by atoms with van der Waals surface area (Å²) in [5.41, 5.74) is -1.97. The summed E-state index contributed by atoms with van der Waals surface area (Å²) < 4.78 is 119. The molecule has 0 unspecified atom stereocenters. The second kappa shape index (κ2) is 5.81. The number of halogens is 9. The second-order valence-electron chi connectivity index (χ2n) is 5.39. The maximum atomic E-state index is 14.2. The van der Waals surface area contributed by atoms with Crippen LogP contribution in [0.5, 0.6) is 0 Å². The van der Waals surface area contributed by atoms with Crippen LogP contribution >= 0.6 is 0 Å². The van der Waals surface area contributed by atoms with E-state index in [-0.39, 0.29) is 11.8 Å². The number of alkyl halides is 9. The lowest BCUT2D eigenvalue weighted by molar-refractivity contribution is -0.399. The Morgan fingerprint density at radius 2 is 1.28 bits per heavy atom. The van der Waals surface area contributed by atoms with Crippen molar-refractivity contribution in [3.63, 3.8) is 0 Å². The van der Waals surface area contributed by atoms with Gasteiger partial charge in [-0.15, -0.1) is 0 Å². The fourth-order valence-electron chi connectivity index (χ4n) is 2.56. The summed E-state index contributed by atoms with van der Waals surface area (Å²) >= 11 is 0. The van der Waals surface area contributed by atoms with Crippen LogP contribution in [0, 0.1) is 0 Å². The normalized spacial score (nSPS) is 14.2. The predicted octanol–water partition coefficient (Wildman–Crippen LogP) is 6.33. The molecule has 0 aromatic heterocycles. The van der Waals surface area contributed by atoms with Crippen LogP contribution in [-0.2, 0) is 12.3 Å². The standard InChI is InChI=1S/C16H11F9/c1-2-10-11-6-4-3-5-9(11)7-8-12(10)13(17,18)14(19,20)15(21,22)16(23,24)25/h3-8H,2H2,1H3. The van der Waals surface area contributed by atoms with Gasteiger partial charge in [-0.25, -0.2) is 0 Å². The van der Waals surface area contributed by atoms with Crippen molar-refractivity contribution in [2.24, 2.45) is 0 Å². The smallest absolute Gasteiger partial charge is 0.194 e. The van der Waals surface area contributed by atoms with E-state index in [4.69, 9.17) is 0 Å². The van der Waals surface area contributed by atoms with E-state index >= 15 is 0 Å². The first-order valence-electron chi connectivity index (χ1n) is 7.00. The Kier molecular flexibility index (Phi) is 4.51. The molecule has 0 aliphatic rings. The summed E-state index contributed by atoms with van der Waals surface area (Å²) in [7, 11) is 0. The van der Waals surface area contributed by atoms with Gasteiger partial charge in [0, 0.05) is 5.56 Å². The largest absolute Gasteiger partial charge is 0.460 e. The number of hydrogen-bond donors (Lipinski definition) is 0. The maximum absolute atomic E-state index is 14.2. The molecule has 2 rings (SSSR count).